The van der Waals surface area contributed by atoms with E-state index in [1.165, 1.54) is 7.11 Å². The van der Waals surface area contributed by atoms with Crippen LogP contribution in [0.2, 0.25) is 0 Å². The number of esters is 1. The largest absolute Gasteiger partial charge is 0.469 e. The van der Waals surface area contributed by atoms with Crippen LogP contribution in [-0.4, -0.2) is 18.9 Å². The molecule has 0 aliphatic heterocycles. The Morgan fingerprint density at radius 1 is 1.36 bits per heavy atom. The van der Waals surface area contributed by atoms with E-state index in [-0.39, 0.29) is 23.6 Å². The van der Waals surface area contributed by atoms with Crippen molar-refractivity contribution in [2.24, 2.45) is 17.8 Å². The number of hydrogen-bond donors (Lipinski definition) is 0. The van der Waals surface area contributed by atoms with Crippen LogP contribution in [0.5, 0.6) is 0 Å². The van der Waals surface area contributed by atoms with Crippen molar-refractivity contribution in [1.82, 2.24) is 0 Å². The molecule has 0 saturated heterocycles. The topological polar surface area (TPSA) is 43.4 Å². The molecule has 0 radical (unpaired) electrons. The zero-order chi connectivity index (χ0) is 10.1. The summed E-state index contributed by atoms with van der Waals surface area (Å²) in [7, 11) is 1.41. The number of fused-ring (bicyclic) bond motifs is 1. The number of ketones is 1. The zero-order valence-electron chi connectivity index (χ0n) is 8.49. The summed E-state index contributed by atoms with van der Waals surface area (Å²) >= 11 is 0. The molecule has 2 rings (SSSR count). The van der Waals surface area contributed by atoms with Gasteiger partial charge in [0.25, 0.3) is 0 Å². The van der Waals surface area contributed by atoms with Gasteiger partial charge in [-0.05, 0) is 25.2 Å². The van der Waals surface area contributed by atoms with Gasteiger partial charge in [0.05, 0.1) is 13.0 Å². The van der Waals surface area contributed by atoms with Crippen molar-refractivity contribution in [3.05, 3.63) is 0 Å². The van der Waals surface area contributed by atoms with Crippen LogP contribution < -0.4 is 0 Å². The number of Topliss-reactive ketones (excluding diaryl/α,β-unsaturated/α-hetero) is 1. The fourth-order valence-electron chi connectivity index (χ4n) is 3.01. The Balaban J connectivity index is 2.16. The third kappa shape index (κ3) is 1.45. The lowest BCUT2D eigenvalue weighted by atomic mass is 9.73. The van der Waals surface area contributed by atoms with E-state index in [1.54, 1.807) is 0 Å². The Labute approximate surface area is 83.8 Å². The zero-order valence-corrected chi connectivity index (χ0v) is 8.49. The van der Waals surface area contributed by atoms with Crippen LogP contribution in [0, 0.1) is 17.8 Å². The maximum absolute atomic E-state index is 11.6. The third-order valence-corrected chi connectivity index (χ3v) is 3.67. The Hall–Kier alpha value is -0.860. The van der Waals surface area contributed by atoms with E-state index < -0.39 is 0 Å². The fraction of sp³-hybridized carbons (Fsp3) is 0.818. The van der Waals surface area contributed by atoms with Crippen LogP contribution in [0.25, 0.3) is 0 Å². The van der Waals surface area contributed by atoms with Gasteiger partial charge in [-0.1, -0.05) is 6.42 Å². The molecule has 0 aromatic rings. The number of carbonyl (C=O) groups excluding carboxylic acids is 2. The van der Waals surface area contributed by atoms with E-state index in [9.17, 15) is 9.59 Å². The SMILES string of the molecule is COC(=O)C1CCCC2CCC(=O)C21. The van der Waals surface area contributed by atoms with Crippen molar-refractivity contribution in [2.75, 3.05) is 7.11 Å². The van der Waals surface area contributed by atoms with Gasteiger partial charge in [-0.3, -0.25) is 9.59 Å². The molecule has 0 heterocycles. The molecule has 0 bridgehead atoms. The van der Waals surface area contributed by atoms with E-state index in [2.05, 4.69) is 0 Å². The average molecular weight is 196 g/mol. The monoisotopic (exact) mass is 196 g/mol. The maximum atomic E-state index is 11.6. The normalized spacial score (nSPS) is 36.6. The Morgan fingerprint density at radius 3 is 2.86 bits per heavy atom. The second kappa shape index (κ2) is 3.71. The van der Waals surface area contributed by atoms with Crippen molar-refractivity contribution in [1.29, 1.82) is 0 Å². The first-order valence-electron chi connectivity index (χ1n) is 5.34. The van der Waals surface area contributed by atoms with Gasteiger partial charge >= 0.3 is 5.97 Å². The van der Waals surface area contributed by atoms with Gasteiger partial charge in [0, 0.05) is 12.3 Å². The molecule has 2 fully saturated rings. The van der Waals surface area contributed by atoms with E-state index in [1.807, 2.05) is 0 Å². The number of ether oxygens (including phenoxy) is 1. The first-order valence-corrected chi connectivity index (χ1v) is 5.34. The lowest BCUT2D eigenvalue weighted by molar-refractivity contribution is -0.151. The first-order chi connectivity index (χ1) is 6.74. The van der Waals surface area contributed by atoms with E-state index in [0.717, 1.165) is 25.7 Å². The average Bonchev–Trinajstić information content (AvgIpc) is 2.59. The summed E-state index contributed by atoms with van der Waals surface area (Å²) in [4.78, 5) is 23.1. The van der Waals surface area contributed by atoms with Gasteiger partial charge in [0.1, 0.15) is 5.78 Å². The molecule has 3 heteroatoms. The highest BCUT2D eigenvalue weighted by atomic mass is 16.5. The first kappa shape index (κ1) is 9.69. The smallest absolute Gasteiger partial charge is 0.309 e. The lowest BCUT2D eigenvalue weighted by Crippen LogP contribution is -2.34. The minimum absolute atomic E-state index is 0.0174. The second-order valence-electron chi connectivity index (χ2n) is 4.35. The summed E-state index contributed by atoms with van der Waals surface area (Å²) in [5, 5.41) is 0. The molecule has 2 aliphatic rings. The van der Waals surface area contributed by atoms with Crippen molar-refractivity contribution in [3.8, 4) is 0 Å². The Kier molecular flexibility index (Phi) is 2.57. The molecule has 14 heavy (non-hydrogen) atoms. The maximum Gasteiger partial charge on any atom is 0.309 e. The molecule has 0 amide bonds. The highest BCUT2D eigenvalue weighted by molar-refractivity contribution is 5.88. The minimum Gasteiger partial charge on any atom is -0.469 e. The number of rotatable bonds is 1. The second-order valence-corrected chi connectivity index (χ2v) is 4.35. The van der Waals surface area contributed by atoms with Crippen molar-refractivity contribution >= 4 is 11.8 Å². The number of carbonyl (C=O) groups is 2. The molecular formula is C11H16O3. The van der Waals surface area contributed by atoms with Crippen LogP contribution >= 0.6 is 0 Å². The van der Waals surface area contributed by atoms with Gasteiger partial charge in [-0.15, -0.1) is 0 Å². The quantitative estimate of drug-likeness (QED) is 0.598. The summed E-state index contributed by atoms with van der Waals surface area (Å²) in [6, 6.07) is 0. The van der Waals surface area contributed by atoms with E-state index >= 15 is 0 Å². The Morgan fingerprint density at radius 2 is 2.14 bits per heavy atom. The van der Waals surface area contributed by atoms with Gasteiger partial charge < -0.3 is 4.74 Å². The molecule has 0 aromatic carbocycles. The third-order valence-electron chi connectivity index (χ3n) is 3.67. The van der Waals surface area contributed by atoms with Crippen LogP contribution in [0.3, 0.4) is 0 Å². The van der Waals surface area contributed by atoms with E-state index in [4.69, 9.17) is 4.74 Å². The molecule has 3 atom stereocenters. The van der Waals surface area contributed by atoms with Crippen molar-refractivity contribution < 1.29 is 14.3 Å². The minimum atomic E-state index is -0.185. The molecule has 2 saturated carbocycles. The molecule has 3 unspecified atom stereocenters. The standard InChI is InChI=1S/C11H16O3/c1-14-11(13)8-4-2-3-7-5-6-9(12)10(7)8/h7-8,10H,2-6H2,1H3. The van der Waals surface area contributed by atoms with Crippen molar-refractivity contribution in [2.45, 2.75) is 32.1 Å². The fourth-order valence-corrected chi connectivity index (χ4v) is 3.01. The van der Waals surface area contributed by atoms with Gasteiger partial charge in [-0.2, -0.15) is 0 Å². The van der Waals surface area contributed by atoms with Gasteiger partial charge in [0.2, 0.25) is 0 Å². The molecule has 0 N–H and O–H groups in total. The highest BCUT2D eigenvalue weighted by Gasteiger charge is 2.45. The summed E-state index contributed by atoms with van der Waals surface area (Å²) in [5.41, 5.74) is 0. The molecule has 2 aliphatic carbocycles. The number of hydrogen-bond acceptors (Lipinski definition) is 3. The van der Waals surface area contributed by atoms with Crippen LogP contribution in [0.15, 0.2) is 0 Å². The lowest BCUT2D eigenvalue weighted by Gasteiger charge is -2.30. The highest BCUT2D eigenvalue weighted by Crippen LogP contribution is 2.43. The summed E-state index contributed by atoms with van der Waals surface area (Å²) in [6.45, 7) is 0. The molecular weight excluding hydrogens is 180 g/mol. The molecule has 78 valence electrons. The Bertz CT molecular complexity index is 259. The number of methoxy groups -OCH3 is 1. The van der Waals surface area contributed by atoms with Crippen molar-refractivity contribution in [3.63, 3.8) is 0 Å². The van der Waals surface area contributed by atoms with Gasteiger partial charge in [0.15, 0.2) is 0 Å². The van der Waals surface area contributed by atoms with Gasteiger partial charge in [-0.25, -0.2) is 0 Å². The van der Waals surface area contributed by atoms with E-state index in [0.29, 0.717) is 12.3 Å². The van der Waals surface area contributed by atoms with Crippen LogP contribution in [0.1, 0.15) is 32.1 Å². The molecule has 0 spiro atoms. The van der Waals surface area contributed by atoms with Crippen LogP contribution in [0.4, 0.5) is 0 Å². The predicted molar refractivity (Wildman–Crippen MR) is 50.6 cm³/mol. The summed E-state index contributed by atoms with van der Waals surface area (Å²) in [6.07, 6.45) is 4.66. The summed E-state index contributed by atoms with van der Waals surface area (Å²) < 4.78 is 4.76. The predicted octanol–water partition coefficient (Wildman–Crippen LogP) is 1.55. The van der Waals surface area contributed by atoms with Crippen LogP contribution in [-0.2, 0) is 14.3 Å². The molecule has 0 aromatic heterocycles. The summed E-state index contributed by atoms with van der Waals surface area (Å²) in [5.74, 6) is 0.394. The molecule has 3 nitrogen and oxygen atoms in total.